The monoisotopic (exact) mass is 395 g/mol. The molecule has 2 aromatic carbocycles. The van der Waals surface area contributed by atoms with Crippen LogP contribution in [0, 0.1) is 0 Å². The minimum absolute atomic E-state index is 0.195. The van der Waals surface area contributed by atoms with Crippen molar-refractivity contribution in [1.82, 2.24) is 4.90 Å². The maximum atomic E-state index is 12.3. The number of rotatable bonds is 7. The maximum absolute atomic E-state index is 12.3. The molecule has 0 radical (unpaired) electrons. The predicted octanol–water partition coefficient (Wildman–Crippen LogP) is 3.50. The van der Waals surface area contributed by atoms with Crippen LogP contribution in [0.3, 0.4) is 0 Å². The third kappa shape index (κ3) is 5.29. The third-order valence-electron chi connectivity index (χ3n) is 5.17. The van der Waals surface area contributed by atoms with Gasteiger partial charge in [-0.05, 0) is 43.0 Å². The van der Waals surface area contributed by atoms with E-state index in [0.717, 1.165) is 44.0 Å². The highest BCUT2D eigenvalue weighted by Crippen LogP contribution is 2.31. The molecule has 1 heterocycles. The van der Waals surface area contributed by atoms with Crippen LogP contribution in [-0.4, -0.2) is 57.8 Å². The quantitative estimate of drug-likeness (QED) is 0.728. The van der Waals surface area contributed by atoms with Gasteiger partial charge in [0.25, 0.3) is 0 Å². The van der Waals surface area contributed by atoms with Crippen LogP contribution in [0.2, 0.25) is 0 Å². The second kappa shape index (κ2) is 9.98. The molecule has 0 bridgehead atoms. The first-order chi connectivity index (χ1) is 14.1. The predicted molar refractivity (Wildman–Crippen MR) is 118 cm³/mol. The minimum Gasteiger partial charge on any atom is -0.493 e. The number of benzene rings is 2. The lowest BCUT2D eigenvalue weighted by Crippen LogP contribution is -2.46. The average Bonchev–Trinajstić information content (AvgIpc) is 2.78. The molecule has 1 fully saturated rings. The van der Waals surface area contributed by atoms with Crippen molar-refractivity contribution < 1.29 is 14.3 Å². The van der Waals surface area contributed by atoms with E-state index in [9.17, 15) is 4.79 Å². The fourth-order valence-corrected chi connectivity index (χ4v) is 3.47. The molecule has 0 aromatic heterocycles. The van der Waals surface area contributed by atoms with Gasteiger partial charge in [0.2, 0.25) is 5.91 Å². The van der Waals surface area contributed by atoms with E-state index in [2.05, 4.69) is 34.2 Å². The number of nitrogens with one attached hydrogen (secondary N) is 1. The molecule has 1 amide bonds. The zero-order valence-corrected chi connectivity index (χ0v) is 17.4. The van der Waals surface area contributed by atoms with Crippen molar-refractivity contribution in [2.24, 2.45) is 0 Å². The molecule has 0 aliphatic carbocycles. The molecule has 0 atom stereocenters. The van der Waals surface area contributed by atoms with Crippen molar-refractivity contribution in [1.29, 1.82) is 0 Å². The summed E-state index contributed by atoms with van der Waals surface area (Å²) in [6.07, 6.45) is 3.22. The molecule has 2 aromatic rings. The Labute approximate surface area is 172 Å². The molecule has 6 nitrogen and oxygen atoms in total. The number of carbonyl (C=O) groups is 1. The normalized spacial score (nSPS) is 14.8. The summed E-state index contributed by atoms with van der Waals surface area (Å²) in [4.78, 5) is 17.1. The largest absolute Gasteiger partial charge is 0.493 e. The van der Waals surface area contributed by atoms with Gasteiger partial charge in [-0.2, -0.15) is 0 Å². The summed E-state index contributed by atoms with van der Waals surface area (Å²) in [5, 5.41) is 2.90. The Balaban J connectivity index is 1.59. The summed E-state index contributed by atoms with van der Waals surface area (Å²) >= 11 is 0. The fourth-order valence-electron chi connectivity index (χ4n) is 3.47. The van der Waals surface area contributed by atoms with Crippen LogP contribution >= 0.6 is 0 Å². The van der Waals surface area contributed by atoms with Gasteiger partial charge < -0.3 is 24.6 Å². The van der Waals surface area contributed by atoms with Gasteiger partial charge in [-0.1, -0.05) is 19.1 Å². The van der Waals surface area contributed by atoms with Gasteiger partial charge in [-0.25, -0.2) is 0 Å². The average molecular weight is 396 g/mol. The topological polar surface area (TPSA) is 54.0 Å². The van der Waals surface area contributed by atoms with Crippen molar-refractivity contribution in [2.75, 3.05) is 57.2 Å². The summed E-state index contributed by atoms with van der Waals surface area (Å²) in [5.41, 5.74) is 2.74. The lowest BCUT2D eigenvalue weighted by Gasteiger charge is -2.35. The first kappa shape index (κ1) is 20.7. The molecule has 154 valence electrons. The number of ether oxygens (including phenoxy) is 2. The van der Waals surface area contributed by atoms with Crippen LogP contribution in [0.15, 0.2) is 48.5 Å². The summed E-state index contributed by atoms with van der Waals surface area (Å²) < 4.78 is 10.7. The molecule has 1 saturated heterocycles. The molecule has 1 N–H and O–H groups in total. The molecule has 1 aliphatic rings. The number of piperazine rings is 1. The number of methoxy groups -OCH3 is 2. The highest BCUT2D eigenvalue weighted by molar-refractivity contribution is 6.02. The van der Waals surface area contributed by atoms with Gasteiger partial charge in [0, 0.05) is 49.2 Å². The zero-order chi connectivity index (χ0) is 20.6. The number of hydrogen-bond acceptors (Lipinski definition) is 5. The second-order valence-electron chi connectivity index (χ2n) is 6.87. The van der Waals surface area contributed by atoms with Crippen molar-refractivity contribution in [3.63, 3.8) is 0 Å². The molecule has 0 unspecified atom stereocenters. The van der Waals surface area contributed by atoms with E-state index in [-0.39, 0.29) is 5.91 Å². The second-order valence-corrected chi connectivity index (χ2v) is 6.87. The van der Waals surface area contributed by atoms with Gasteiger partial charge in [0.15, 0.2) is 11.5 Å². The van der Waals surface area contributed by atoms with E-state index in [4.69, 9.17) is 9.47 Å². The molecule has 0 spiro atoms. The lowest BCUT2D eigenvalue weighted by molar-refractivity contribution is -0.111. The van der Waals surface area contributed by atoms with Gasteiger partial charge in [0.05, 0.1) is 14.2 Å². The molecular formula is C23H29N3O3. The number of carbonyl (C=O) groups excluding carboxylic acids is 1. The maximum Gasteiger partial charge on any atom is 0.248 e. The Hall–Kier alpha value is -2.99. The van der Waals surface area contributed by atoms with Crippen LogP contribution in [0.1, 0.15) is 12.5 Å². The van der Waals surface area contributed by atoms with Gasteiger partial charge >= 0.3 is 0 Å². The van der Waals surface area contributed by atoms with Gasteiger partial charge in [-0.15, -0.1) is 0 Å². The van der Waals surface area contributed by atoms with Crippen LogP contribution < -0.4 is 19.7 Å². The molecule has 0 saturated carbocycles. The number of likely N-dealkylation sites (N-methyl/N-ethyl adjacent to an activating group) is 1. The summed E-state index contributed by atoms with van der Waals surface area (Å²) in [5.74, 6) is 1.04. The van der Waals surface area contributed by atoms with E-state index < -0.39 is 0 Å². The van der Waals surface area contributed by atoms with Crippen LogP contribution in [0.25, 0.3) is 6.08 Å². The first-order valence-electron chi connectivity index (χ1n) is 9.92. The van der Waals surface area contributed by atoms with E-state index >= 15 is 0 Å². The lowest BCUT2D eigenvalue weighted by atomic mass is 10.1. The van der Waals surface area contributed by atoms with Crippen LogP contribution in [0.5, 0.6) is 11.5 Å². The molecule has 3 rings (SSSR count). The van der Waals surface area contributed by atoms with Crippen molar-refractivity contribution in [3.05, 3.63) is 54.1 Å². The fraction of sp³-hybridized carbons (Fsp3) is 0.348. The number of hydrogen-bond donors (Lipinski definition) is 1. The Bertz CT molecular complexity index is 841. The first-order valence-corrected chi connectivity index (χ1v) is 9.92. The van der Waals surface area contributed by atoms with Crippen molar-refractivity contribution in [3.8, 4) is 11.5 Å². The zero-order valence-electron chi connectivity index (χ0n) is 17.4. The van der Waals surface area contributed by atoms with Gasteiger partial charge in [-0.3, -0.25) is 4.79 Å². The van der Waals surface area contributed by atoms with Gasteiger partial charge in [0.1, 0.15) is 0 Å². The van der Waals surface area contributed by atoms with Crippen molar-refractivity contribution >= 4 is 23.4 Å². The number of amides is 1. The van der Waals surface area contributed by atoms with E-state index in [1.165, 1.54) is 11.8 Å². The highest BCUT2D eigenvalue weighted by atomic mass is 16.5. The number of para-hydroxylation sites is 1. The Morgan fingerprint density at radius 2 is 1.76 bits per heavy atom. The molecule has 29 heavy (non-hydrogen) atoms. The summed E-state index contributed by atoms with van der Waals surface area (Å²) in [6, 6.07) is 13.6. The SMILES string of the molecule is CCN1CCN(c2ccc(NC(=O)/C=C/c3cccc(OC)c3OC)cc2)CC1. The Morgan fingerprint density at radius 3 is 2.38 bits per heavy atom. The summed E-state index contributed by atoms with van der Waals surface area (Å²) in [7, 11) is 3.17. The van der Waals surface area contributed by atoms with Crippen LogP contribution in [0.4, 0.5) is 11.4 Å². The minimum atomic E-state index is -0.195. The van der Waals surface area contributed by atoms with E-state index in [1.54, 1.807) is 20.3 Å². The Kier molecular flexibility index (Phi) is 7.14. The van der Waals surface area contributed by atoms with E-state index in [0.29, 0.717) is 11.5 Å². The third-order valence-corrected chi connectivity index (χ3v) is 5.17. The molecular weight excluding hydrogens is 366 g/mol. The summed E-state index contributed by atoms with van der Waals surface area (Å²) in [6.45, 7) is 7.55. The Morgan fingerprint density at radius 1 is 1.03 bits per heavy atom. The van der Waals surface area contributed by atoms with Crippen LogP contribution in [-0.2, 0) is 4.79 Å². The number of nitrogens with zero attached hydrogens (tertiary/aromatic N) is 2. The smallest absolute Gasteiger partial charge is 0.248 e. The molecule has 1 aliphatic heterocycles. The standard InChI is InChI=1S/C23H29N3O3/c1-4-25-14-16-26(17-15-25)20-11-9-19(10-12-20)24-22(27)13-8-18-6-5-7-21(28-2)23(18)29-3/h5-13H,4,14-17H2,1-3H3,(H,24,27)/b13-8+. The number of anilines is 2. The van der Waals surface area contributed by atoms with E-state index in [1.807, 2.05) is 30.3 Å². The van der Waals surface area contributed by atoms with Crippen molar-refractivity contribution in [2.45, 2.75) is 6.92 Å². The highest BCUT2D eigenvalue weighted by Gasteiger charge is 2.15. The molecule has 6 heteroatoms.